The molecule has 198 valence electrons. The quantitative estimate of drug-likeness (QED) is 0.368. The van der Waals surface area contributed by atoms with Gasteiger partial charge in [0.25, 0.3) is 5.91 Å². The molecule has 0 fully saturated rings. The number of aromatic nitrogens is 2. The second-order valence-corrected chi connectivity index (χ2v) is 8.88. The molecule has 3 aromatic carbocycles. The molecule has 39 heavy (non-hydrogen) atoms. The van der Waals surface area contributed by atoms with E-state index in [9.17, 15) is 28.3 Å². The van der Waals surface area contributed by atoms with Crippen molar-refractivity contribution in [2.75, 3.05) is 11.9 Å². The molecular weight excluding hydrogens is 510 g/mol. The third kappa shape index (κ3) is 5.06. The Bertz CT molecular complexity index is 1620. The summed E-state index contributed by atoms with van der Waals surface area (Å²) in [5.74, 6) is -3.56. The number of nitrogens with zero attached hydrogens (tertiary/aromatic N) is 3. The van der Waals surface area contributed by atoms with Crippen molar-refractivity contribution >= 4 is 23.5 Å². The lowest BCUT2D eigenvalue weighted by Gasteiger charge is -2.23. The van der Waals surface area contributed by atoms with Crippen molar-refractivity contribution in [3.8, 4) is 17.0 Å². The third-order valence-corrected chi connectivity index (χ3v) is 6.29. The van der Waals surface area contributed by atoms with Gasteiger partial charge in [0.15, 0.2) is 5.69 Å². The molecule has 0 saturated heterocycles. The van der Waals surface area contributed by atoms with Crippen molar-refractivity contribution in [1.82, 2.24) is 14.7 Å². The van der Waals surface area contributed by atoms with Crippen LogP contribution in [0.5, 0.6) is 5.75 Å². The van der Waals surface area contributed by atoms with Crippen LogP contribution in [-0.2, 0) is 25.0 Å². The molecule has 0 aliphatic carbocycles. The number of para-hydroxylation sites is 1. The Morgan fingerprint density at radius 2 is 1.79 bits per heavy atom. The highest BCUT2D eigenvalue weighted by atomic mass is 19.1. The molecule has 0 radical (unpaired) electrons. The Morgan fingerprint density at radius 3 is 2.56 bits per heavy atom. The van der Waals surface area contributed by atoms with E-state index >= 15 is 0 Å². The number of ether oxygens (including phenoxy) is 1. The first-order chi connectivity index (χ1) is 18.7. The molecule has 2 amide bonds. The number of anilines is 1. The number of carbonyl (C=O) groups is 3. The SMILES string of the molecule is Cn1nc(C(=O)N(CC(=O)Nc2cc(C(=O)O)ccc2F)Cc2ccccc2F)c2c1-c1ccccc1OC2. The lowest BCUT2D eigenvalue weighted by atomic mass is 10.0. The maximum Gasteiger partial charge on any atom is 0.335 e. The highest BCUT2D eigenvalue weighted by Gasteiger charge is 2.31. The predicted octanol–water partition coefficient (Wildman–Crippen LogP) is 4.24. The average Bonchev–Trinajstić information content (AvgIpc) is 3.27. The summed E-state index contributed by atoms with van der Waals surface area (Å²) in [6.45, 7) is -0.805. The topological polar surface area (TPSA) is 114 Å². The van der Waals surface area contributed by atoms with E-state index < -0.39 is 36.0 Å². The van der Waals surface area contributed by atoms with Crippen molar-refractivity contribution in [3.05, 3.63) is 101 Å². The number of aryl methyl sites for hydroxylation is 1. The average molecular weight is 533 g/mol. The van der Waals surface area contributed by atoms with Crippen LogP contribution in [0.4, 0.5) is 14.5 Å². The van der Waals surface area contributed by atoms with Crippen molar-refractivity contribution in [2.45, 2.75) is 13.2 Å². The third-order valence-electron chi connectivity index (χ3n) is 6.29. The van der Waals surface area contributed by atoms with Crippen molar-refractivity contribution < 1.29 is 33.0 Å². The number of rotatable bonds is 7. The predicted molar refractivity (Wildman–Crippen MR) is 136 cm³/mol. The number of hydrogen-bond acceptors (Lipinski definition) is 5. The number of carboxylic acids is 1. The minimum atomic E-state index is -1.30. The summed E-state index contributed by atoms with van der Waals surface area (Å²) in [6.07, 6.45) is 0. The summed E-state index contributed by atoms with van der Waals surface area (Å²) in [4.78, 5) is 39.1. The number of carbonyl (C=O) groups excluding carboxylic acids is 2. The molecule has 11 heteroatoms. The van der Waals surface area contributed by atoms with Gasteiger partial charge in [0.2, 0.25) is 5.91 Å². The van der Waals surface area contributed by atoms with Crippen molar-refractivity contribution in [1.29, 1.82) is 0 Å². The first-order valence-electron chi connectivity index (χ1n) is 11.9. The van der Waals surface area contributed by atoms with E-state index in [-0.39, 0.29) is 35.7 Å². The van der Waals surface area contributed by atoms with E-state index in [1.807, 2.05) is 18.2 Å². The summed E-state index contributed by atoms with van der Waals surface area (Å²) >= 11 is 0. The van der Waals surface area contributed by atoms with Gasteiger partial charge in [-0.25, -0.2) is 13.6 Å². The van der Waals surface area contributed by atoms with Crippen molar-refractivity contribution in [2.24, 2.45) is 7.05 Å². The van der Waals surface area contributed by atoms with Crippen LogP contribution in [0.3, 0.4) is 0 Å². The van der Waals surface area contributed by atoms with Crippen LogP contribution in [0.1, 0.15) is 32.0 Å². The van der Waals surface area contributed by atoms with Gasteiger partial charge in [-0.2, -0.15) is 5.10 Å². The molecule has 9 nitrogen and oxygen atoms in total. The minimum absolute atomic E-state index is 0.0326. The number of hydrogen-bond donors (Lipinski definition) is 2. The fraction of sp³-hybridized carbons (Fsp3) is 0.143. The van der Waals surface area contributed by atoms with Crippen LogP contribution in [0.2, 0.25) is 0 Å². The number of benzene rings is 3. The highest BCUT2D eigenvalue weighted by Crippen LogP contribution is 2.38. The summed E-state index contributed by atoms with van der Waals surface area (Å²) in [7, 11) is 1.68. The van der Waals surface area contributed by atoms with E-state index in [1.165, 1.54) is 18.2 Å². The largest absolute Gasteiger partial charge is 0.488 e. The van der Waals surface area contributed by atoms with E-state index in [0.717, 1.165) is 28.7 Å². The number of aromatic carboxylic acids is 1. The Balaban J connectivity index is 1.47. The normalized spacial score (nSPS) is 11.7. The first-order valence-corrected chi connectivity index (χ1v) is 11.9. The second kappa shape index (κ2) is 10.4. The maximum atomic E-state index is 14.5. The highest BCUT2D eigenvalue weighted by molar-refractivity contribution is 6.01. The van der Waals surface area contributed by atoms with Gasteiger partial charge in [-0.05, 0) is 36.4 Å². The molecule has 1 aromatic heterocycles. The van der Waals surface area contributed by atoms with Crippen LogP contribution in [0.15, 0.2) is 66.7 Å². The summed E-state index contributed by atoms with van der Waals surface area (Å²) in [5.41, 5.74) is 1.54. The van der Waals surface area contributed by atoms with E-state index in [1.54, 1.807) is 23.9 Å². The zero-order chi connectivity index (χ0) is 27.7. The molecule has 2 heterocycles. The van der Waals surface area contributed by atoms with E-state index in [2.05, 4.69) is 10.4 Å². The van der Waals surface area contributed by atoms with Gasteiger partial charge in [-0.1, -0.05) is 30.3 Å². The number of halogens is 2. The smallest absolute Gasteiger partial charge is 0.335 e. The van der Waals surface area contributed by atoms with Crippen molar-refractivity contribution in [3.63, 3.8) is 0 Å². The lowest BCUT2D eigenvalue weighted by molar-refractivity contribution is -0.117. The fourth-order valence-electron chi connectivity index (χ4n) is 4.45. The molecule has 5 rings (SSSR count). The summed E-state index contributed by atoms with van der Waals surface area (Å²) in [6, 6.07) is 16.1. The molecule has 1 aliphatic heterocycles. The lowest BCUT2D eigenvalue weighted by Crippen LogP contribution is -2.38. The number of carboxylic acid groups (broad SMARTS) is 1. The molecule has 0 unspecified atom stereocenters. The zero-order valence-electron chi connectivity index (χ0n) is 20.6. The van der Waals surface area contributed by atoms with Gasteiger partial charge in [-0.15, -0.1) is 0 Å². The van der Waals surface area contributed by atoms with Gasteiger partial charge >= 0.3 is 5.97 Å². The maximum absolute atomic E-state index is 14.5. The second-order valence-electron chi connectivity index (χ2n) is 8.88. The summed E-state index contributed by atoms with van der Waals surface area (Å²) in [5, 5.41) is 15.9. The Morgan fingerprint density at radius 1 is 1.05 bits per heavy atom. The number of nitrogens with one attached hydrogen (secondary N) is 1. The van der Waals surface area contributed by atoms with Gasteiger partial charge in [-0.3, -0.25) is 14.3 Å². The first kappa shape index (κ1) is 25.6. The summed E-state index contributed by atoms with van der Waals surface area (Å²) < 4.78 is 36.2. The van der Waals surface area contributed by atoms with Gasteiger partial charge in [0, 0.05) is 30.3 Å². The van der Waals surface area contributed by atoms with Gasteiger partial charge in [0.1, 0.15) is 30.5 Å². The number of fused-ring (bicyclic) bond motifs is 3. The monoisotopic (exact) mass is 532 g/mol. The Kier molecular flexibility index (Phi) is 6.80. The standard InChI is InChI=1S/C28H22F2N4O5/c1-33-26-18-7-3-5-9-23(18)39-15-19(26)25(32-33)27(36)34(13-17-6-2-4-8-20(17)29)14-24(35)31-22-12-16(28(37)38)10-11-21(22)30/h2-12H,13-15H2,1H3,(H,31,35)(H,37,38). The molecular formula is C28H22F2N4O5. The fourth-order valence-corrected chi connectivity index (χ4v) is 4.45. The Labute approximate surface area is 221 Å². The molecule has 0 spiro atoms. The van der Waals surface area contributed by atoms with Crippen LogP contribution < -0.4 is 10.1 Å². The Hall–Kier alpha value is -5.06. The van der Waals surface area contributed by atoms with Crippen LogP contribution in [-0.4, -0.2) is 44.1 Å². The van der Waals surface area contributed by atoms with Gasteiger partial charge in [0.05, 0.1) is 16.9 Å². The molecule has 2 N–H and O–H groups in total. The molecule has 0 saturated carbocycles. The molecule has 4 aromatic rings. The number of amides is 2. The van der Waals surface area contributed by atoms with Crippen LogP contribution >= 0.6 is 0 Å². The van der Waals surface area contributed by atoms with Gasteiger partial charge < -0.3 is 20.1 Å². The van der Waals surface area contributed by atoms with E-state index in [0.29, 0.717) is 17.0 Å². The zero-order valence-corrected chi connectivity index (χ0v) is 20.6. The molecule has 0 atom stereocenters. The van der Waals surface area contributed by atoms with E-state index in [4.69, 9.17) is 4.74 Å². The molecule has 0 bridgehead atoms. The van der Waals surface area contributed by atoms with Crippen LogP contribution in [0, 0.1) is 11.6 Å². The minimum Gasteiger partial charge on any atom is -0.488 e. The van der Waals surface area contributed by atoms with Crippen LogP contribution in [0.25, 0.3) is 11.3 Å². The molecule has 1 aliphatic rings.